The van der Waals surface area contributed by atoms with E-state index in [-0.39, 0.29) is 0 Å². The maximum Gasteiger partial charge on any atom is 0.0554 e. The van der Waals surface area contributed by atoms with Crippen molar-refractivity contribution in [1.29, 1.82) is 0 Å². The van der Waals surface area contributed by atoms with Gasteiger partial charge in [0.25, 0.3) is 0 Å². The number of hydrogen-bond donors (Lipinski definition) is 2. The minimum atomic E-state index is 0.616. The Balaban J connectivity index is 2.17. The zero-order chi connectivity index (χ0) is 13.9. The topological polar surface area (TPSA) is 52.0 Å². The van der Waals surface area contributed by atoms with Crippen LogP contribution in [0.25, 0.3) is 22.3 Å². The van der Waals surface area contributed by atoms with Crippen LogP contribution in [-0.4, -0.2) is 0 Å². The number of nitrogen functional groups attached to an aromatic ring is 2. The molecular weight excluding hydrogens is 244 g/mol. The standard InChI is InChI=1S/C18H16N2/c19-17-11-10-14(12-18(17)20)16-9-5-4-8-15(16)13-6-2-1-3-7-13/h1-12H,19-20H2. The van der Waals surface area contributed by atoms with Crippen LogP contribution in [-0.2, 0) is 0 Å². The van der Waals surface area contributed by atoms with E-state index in [2.05, 4.69) is 24.3 Å². The Kier molecular flexibility index (Phi) is 3.13. The second-order valence-corrected chi connectivity index (χ2v) is 4.76. The average Bonchev–Trinajstić information content (AvgIpc) is 2.51. The van der Waals surface area contributed by atoms with Crippen molar-refractivity contribution in [3.8, 4) is 22.3 Å². The summed E-state index contributed by atoms with van der Waals surface area (Å²) in [4.78, 5) is 0. The highest BCUT2D eigenvalue weighted by molar-refractivity contribution is 5.85. The van der Waals surface area contributed by atoms with Crippen LogP contribution in [0.1, 0.15) is 0 Å². The second kappa shape index (κ2) is 5.10. The summed E-state index contributed by atoms with van der Waals surface area (Å²) in [7, 11) is 0. The summed E-state index contributed by atoms with van der Waals surface area (Å²) in [5, 5.41) is 0. The third-order valence-corrected chi connectivity index (χ3v) is 3.41. The zero-order valence-corrected chi connectivity index (χ0v) is 11.1. The van der Waals surface area contributed by atoms with E-state index >= 15 is 0 Å². The highest BCUT2D eigenvalue weighted by Gasteiger charge is 2.07. The molecule has 0 atom stereocenters. The highest BCUT2D eigenvalue weighted by atomic mass is 14.7. The summed E-state index contributed by atoms with van der Waals surface area (Å²) in [6, 6.07) is 24.4. The van der Waals surface area contributed by atoms with Crippen LogP contribution in [0.5, 0.6) is 0 Å². The van der Waals surface area contributed by atoms with Gasteiger partial charge in [-0.3, -0.25) is 0 Å². The summed E-state index contributed by atoms with van der Waals surface area (Å²) in [6.45, 7) is 0. The van der Waals surface area contributed by atoms with Gasteiger partial charge in [-0.05, 0) is 34.4 Å². The summed E-state index contributed by atoms with van der Waals surface area (Å²) in [6.07, 6.45) is 0. The van der Waals surface area contributed by atoms with Gasteiger partial charge in [0.05, 0.1) is 11.4 Å². The number of anilines is 2. The molecule has 3 aromatic rings. The molecule has 0 unspecified atom stereocenters. The van der Waals surface area contributed by atoms with Crippen LogP contribution < -0.4 is 11.5 Å². The lowest BCUT2D eigenvalue weighted by Crippen LogP contribution is -1.94. The van der Waals surface area contributed by atoms with Crippen molar-refractivity contribution in [1.82, 2.24) is 0 Å². The predicted molar refractivity (Wildman–Crippen MR) is 86.1 cm³/mol. The Bertz CT molecular complexity index is 733. The summed E-state index contributed by atoms with van der Waals surface area (Å²) in [5.41, 5.74) is 17.6. The average molecular weight is 260 g/mol. The number of nitrogens with two attached hydrogens (primary N) is 2. The van der Waals surface area contributed by atoms with Crippen LogP contribution in [0.4, 0.5) is 11.4 Å². The van der Waals surface area contributed by atoms with Crippen molar-refractivity contribution in [2.75, 3.05) is 11.5 Å². The Morgan fingerprint density at radius 1 is 0.500 bits per heavy atom. The highest BCUT2D eigenvalue weighted by Crippen LogP contribution is 2.33. The molecule has 2 heteroatoms. The molecule has 0 aliphatic carbocycles. The molecule has 3 rings (SSSR count). The van der Waals surface area contributed by atoms with E-state index in [1.165, 1.54) is 11.1 Å². The van der Waals surface area contributed by atoms with Gasteiger partial charge in [0.1, 0.15) is 0 Å². The van der Waals surface area contributed by atoms with Crippen LogP contribution in [0.15, 0.2) is 72.8 Å². The van der Waals surface area contributed by atoms with Gasteiger partial charge in [0.15, 0.2) is 0 Å². The van der Waals surface area contributed by atoms with E-state index in [1.807, 2.05) is 48.5 Å². The van der Waals surface area contributed by atoms with Gasteiger partial charge < -0.3 is 11.5 Å². The molecule has 0 aromatic heterocycles. The molecule has 0 bridgehead atoms. The van der Waals surface area contributed by atoms with Crippen molar-refractivity contribution in [2.45, 2.75) is 0 Å². The molecule has 4 N–H and O–H groups in total. The third kappa shape index (κ3) is 2.24. The minimum Gasteiger partial charge on any atom is -0.397 e. The fourth-order valence-electron chi connectivity index (χ4n) is 2.35. The van der Waals surface area contributed by atoms with E-state index in [1.54, 1.807) is 0 Å². The first kappa shape index (κ1) is 12.3. The van der Waals surface area contributed by atoms with Crippen molar-refractivity contribution in [3.63, 3.8) is 0 Å². The fourth-order valence-corrected chi connectivity index (χ4v) is 2.35. The summed E-state index contributed by atoms with van der Waals surface area (Å²) in [5.74, 6) is 0. The van der Waals surface area contributed by atoms with E-state index in [9.17, 15) is 0 Å². The first-order chi connectivity index (χ1) is 9.75. The van der Waals surface area contributed by atoms with Crippen molar-refractivity contribution >= 4 is 11.4 Å². The normalized spacial score (nSPS) is 10.4. The van der Waals surface area contributed by atoms with Gasteiger partial charge in [-0.1, -0.05) is 60.7 Å². The molecule has 20 heavy (non-hydrogen) atoms. The summed E-state index contributed by atoms with van der Waals surface area (Å²) >= 11 is 0. The second-order valence-electron chi connectivity index (χ2n) is 4.76. The molecule has 98 valence electrons. The summed E-state index contributed by atoms with van der Waals surface area (Å²) < 4.78 is 0. The maximum atomic E-state index is 5.92. The first-order valence-corrected chi connectivity index (χ1v) is 6.55. The van der Waals surface area contributed by atoms with Gasteiger partial charge in [0, 0.05) is 0 Å². The number of hydrogen-bond acceptors (Lipinski definition) is 2. The Hall–Kier alpha value is -2.74. The molecular formula is C18H16N2. The molecule has 3 aromatic carbocycles. The van der Waals surface area contributed by atoms with Crippen LogP contribution in [0.3, 0.4) is 0 Å². The lowest BCUT2D eigenvalue weighted by atomic mass is 9.94. The Labute approximate surface area is 118 Å². The Morgan fingerprint density at radius 3 is 1.75 bits per heavy atom. The van der Waals surface area contributed by atoms with Crippen molar-refractivity contribution < 1.29 is 0 Å². The lowest BCUT2D eigenvalue weighted by Gasteiger charge is -2.11. The first-order valence-electron chi connectivity index (χ1n) is 6.55. The van der Waals surface area contributed by atoms with Crippen LogP contribution in [0.2, 0.25) is 0 Å². The van der Waals surface area contributed by atoms with Gasteiger partial charge in [-0.15, -0.1) is 0 Å². The molecule has 0 heterocycles. The maximum absolute atomic E-state index is 5.92. The lowest BCUT2D eigenvalue weighted by molar-refractivity contribution is 1.58. The number of benzene rings is 3. The molecule has 0 fully saturated rings. The molecule has 0 radical (unpaired) electrons. The molecule has 0 saturated heterocycles. The quantitative estimate of drug-likeness (QED) is 0.679. The Morgan fingerprint density at radius 2 is 1.10 bits per heavy atom. The van der Waals surface area contributed by atoms with Crippen LogP contribution >= 0.6 is 0 Å². The van der Waals surface area contributed by atoms with Gasteiger partial charge >= 0.3 is 0 Å². The minimum absolute atomic E-state index is 0.616. The third-order valence-electron chi connectivity index (χ3n) is 3.41. The smallest absolute Gasteiger partial charge is 0.0554 e. The molecule has 2 nitrogen and oxygen atoms in total. The van der Waals surface area contributed by atoms with E-state index in [4.69, 9.17) is 11.5 Å². The van der Waals surface area contributed by atoms with E-state index in [0.717, 1.165) is 11.1 Å². The van der Waals surface area contributed by atoms with E-state index < -0.39 is 0 Å². The van der Waals surface area contributed by atoms with Crippen LogP contribution in [0, 0.1) is 0 Å². The van der Waals surface area contributed by atoms with Gasteiger partial charge in [-0.25, -0.2) is 0 Å². The fraction of sp³-hybridized carbons (Fsp3) is 0. The predicted octanol–water partition coefficient (Wildman–Crippen LogP) is 4.19. The van der Waals surface area contributed by atoms with Gasteiger partial charge in [-0.2, -0.15) is 0 Å². The van der Waals surface area contributed by atoms with Crippen molar-refractivity contribution in [2.24, 2.45) is 0 Å². The molecule has 0 spiro atoms. The van der Waals surface area contributed by atoms with Crippen molar-refractivity contribution in [3.05, 3.63) is 72.8 Å². The molecule has 0 amide bonds. The number of rotatable bonds is 2. The monoisotopic (exact) mass is 260 g/mol. The molecule has 0 saturated carbocycles. The molecule has 0 aliphatic rings. The SMILES string of the molecule is Nc1ccc(-c2ccccc2-c2ccccc2)cc1N. The largest absolute Gasteiger partial charge is 0.397 e. The van der Waals surface area contributed by atoms with E-state index in [0.29, 0.717) is 11.4 Å². The van der Waals surface area contributed by atoms with Gasteiger partial charge in [0.2, 0.25) is 0 Å². The molecule has 0 aliphatic heterocycles. The zero-order valence-electron chi connectivity index (χ0n) is 11.1.